The van der Waals surface area contributed by atoms with E-state index in [1.54, 1.807) is 0 Å². The average molecular weight is 344 g/mol. The highest BCUT2D eigenvalue weighted by Crippen LogP contribution is 2.22. The van der Waals surface area contributed by atoms with Crippen LogP contribution in [0.15, 0.2) is 24.3 Å². The average Bonchev–Trinajstić information content (AvgIpc) is 2.94. The lowest BCUT2D eigenvalue weighted by Crippen LogP contribution is -2.51. The summed E-state index contributed by atoms with van der Waals surface area (Å²) in [5, 5.41) is 4.07. The zero-order chi connectivity index (χ0) is 14.8. The van der Waals surface area contributed by atoms with Crippen molar-refractivity contribution in [3.05, 3.63) is 29.3 Å². The van der Waals surface area contributed by atoms with Gasteiger partial charge in [0.25, 0.3) is 0 Å². The Labute approximate surface area is 143 Å². The lowest BCUT2D eigenvalue weighted by atomic mass is 9.96. The van der Waals surface area contributed by atoms with Crippen LogP contribution in [0.5, 0.6) is 0 Å². The molecule has 0 aromatic heterocycles. The summed E-state index contributed by atoms with van der Waals surface area (Å²) in [6, 6.07) is 7.92. The Kier molecular flexibility index (Phi) is 5.95. The molecule has 0 radical (unpaired) electrons. The molecule has 122 valence electrons. The Bertz CT molecular complexity index is 501. The van der Waals surface area contributed by atoms with Crippen LogP contribution in [0.1, 0.15) is 6.92 Å². The first-order valence-corrected chi connectivity index (χ1v) is 8.03. The Morgan fingerprint density at radius 1 is 1.14 bits per heavy atom. The number of hydrogen-bond donors (Lipinski definition) is 1. The molecular weight excluding hydrogens is 321 g/mol. The molecule has 1 aromatic rings. The van der Waals surface area contributed by atoms with Crippen LogP contribution in [0.4, 0.5) is 5.69 Å². The lowest BCUT2D eigenvalue weighted by Gasteiger charge is -2.37. The minimum atomic E-state index is 0. The highest BCUT2D eigenvalue weighted by Gasteiger charge is 2.33. The fraction of sp³-hybridized carbons (Fsp3) is 0.562. The van der Waals surface area contributed by atoms with E-state index >= 15 is 0 Å². The van der Waals surface area contributed by atoms with Crippen molar-refractivity contribution in [2.45, 2.75) is 6.92 Å². The number of nitrogens with zero attached hydrogens (tertiary/aromatic N) is 2. The van der Waals surface area contributed by atoms with Gasteiger partial charge in [0.1, 0.15) is 0 Å². The minimum absolute atomic E-state index is 0. The first-order valence-electron chi connectivity index (χ1n) is 7.65. The zero-order valence-corrected chi connectivity index (χ0v) is 14.4. The highest BCUT2D eigenvalue weighted by atomic mass is 35.5. The third-order valence-corrected chi connectivity index (χ3v) is 4.87. The van der Waals surface area contributed by atoms with Gasteiger partial charge in [0.2, 0.25) is 5.91 Å². The van der Waals surface area contributed by atoms with Crippen LogP contribution in [0.3, 0.4) is 0 Å². The van der Waals surface area contributed by atoms with E-state index in [0.29, 0.717) is 11.8 Å². The van der Waals surface area contributed by atoms with E-state index in [4.69, 9.17) is 11.6 Å². The minimum Gasteiger partial charge on any atom is -0.368 e. The predicted octanol–water partition coefficient (Wildman–Crippen LogP) is 2.27. The van der Waals surface area contributed by atoms with E-state index in [2.05, 4.69) is 17.1 Å². The maximum atomic E-state index is 12.5. The van der Waals surface area contributed by atoms with Gasteiger partial charge in [-0.2, -0.15) is 0 Å². The second-order valence-electron chi connectivity index (χ2n) is 6.03. The fourth-order valence-corrected chi connectivity index (χ4v) is 3.34. The number of anilines is 1. The van der Waals surface area contributed by atoms with Gasteiger partial charge >= 0.3 is 0 Å². The van der Waals surface area contributed by atoms with Crippen molar-refractivity contribution in [3.8, 4) is 0 Å². The molecule has 0 spiro atoms. The third kappa shape index (κ3) is 3.67. The molecule has 22 heavy (non-hydrogen) atoms. The summed E-state index contributed by atoms with van der Waals surface area (Å²) >= 11 is 5.92. The molecule has 2 heterocycles. The summed E-state index contributed by atoms with van der Waals surface area (Å²) in [4.78, 5) is 16.9. The second-order valence-corrected chi connectivity index (χ2v) is 6.47. The molecule has 2 atom stereocenters. The number of halogens is 2. The molecule has 2 fully saturated rings. The van der Waals surface area contributed by atoms with Crippen LogP contribution < -0.4 is 10.2 Å². The Balaban J connectivity index is 0.00000176. The van der Waals surface area contributed by atoms with E-state index in [1.807, 2.05) is 29.2 Å². The van der Waals surface area contributed by atoms with Gasteiger partial charge < -0.3 is 15.1 Å². The van der Waals surface area contributed by atoms with E-state index < -0.39 is 0 Å². The van der Waals surface area contributed by atoms with Crippen molar-refractivity contribution < 1.29 is 4.79 Å². The number of carbonyl (C=O) groups excluding carboxylic acids is 1. The van der Waals surface area contributed by atoms with E-state index in [9.17, 15) is 4.79 Å². The van der Waals surface area contributed by atoms with Crippen molar-refractivity contribution in [1.29, 1.82) is 0 Å². The Hall–Kier alpha value is -0.970. The molecule has 1 N–H and O–H groups in total. The Morgan fingerprint density at radius 3 is 2.32 bits per heavy atom. The second kappa shape index (κ2) is 7.53. The Morgan fingerprint density at radius 2 is 1.77 bits per heavy atom. The third-order valence-electron chi connectivity index (χ3n) is 4.62. The number of carbonyl (C=O) groups is 1. The summed E-state index contributed by atoms with van der Waals surface area (Å²) < 4.78 is 0. The van der Waals surface area contributed by atoms with Crippen LogP contribution in [0, 0.1) is 11.8 Å². The topological polar surface area (TPSA) is 35.6 Å². The van der Waals surface area contributed by atoms with Crippen molar-refractivity contribution in [3.63, 3.8) is 0 Å². The van der Waals surface area contributed by atoms with Crippen LogP contribution >= 0.6 is 24.0 Å². The summed E-state index contributed by atoms with van der Waals surface area (Å²) in [5.74, 6) is 0.933. The number of nitrogens with one attached hydrogen (secondary N) is 1. The highest BCUT2D eigenvalue weighted by molar-refractivity contribution is 6.30. The molecule has 2 aliphatic heterocycles. The van der Waals surface area contributed by atoms with Crippen molar-refractivity contribution in [2.75, 3.05) is 44.2 Å². The van der Waals surface area contributed by atoms with E-state index in [1.165, 1.54) is 5.69 Å². The molecule has 0 bridgehead atoms. The standard InChI is InChI=1S/C16H22ClN3O.ClH/c1-12-10-18-11-15(12)16(21)20-8-6-19(7-9-20)14-4-2-13(17)3-5-14;/h2-5,12,15,18H,6-11H2,1H3;1H/t12-,15-;/m1./s1. The van der Waals surface area contributed by atoms with Crippen LogP contribution in [0.25, 0.3) is 0 Å². The van der Waals surface area contributed by atoms with Crippen LogP contribution in [-0.4, -0.2) is 50.1 Å². The van der Waals surface area contributed by atoms with Crippen LogP contribution in [0.2, 0.25) is 5.02 Å². The smallest absolute Gasteiger partial charge is 0.227 e. The van der Waals surface area contributed by atoms with E-state index in [-0.39, 0.29) is 18.3 Å². The quantitative estimate of drug-likeness (QED) is 0.894. The largest absolute Gasteiger partial charge is 0.368 e. The zero-order valence-electron chi connectivity index (χ0n) is 12.8. The van der Waals surface area contributed by atoms with Crippen LogP contribution in [-0.2, 0) is 4.79 Å². The fourth-order valence-electron chi connectivity index (χ4n) is 3.21. The maximum absolute atomic E-state index is 12.5. The van der Waals surface area contributed by atoms with Gasteiger partial charge in [-0.1, -0.05) is 18.5 Å². The van der Waals surface area contributed by atoms with Gasteiger partial charge in [-0.05, 0) is 36.7 Å². The first-order chi connectivity index (χ1) is 10.1. The molecule has 0 aliphatic carbocycles. The summed E-state index contributed by atoms with van der Waals surface area (Å²) in [6.07, 6.45) is 0. The predicted molar refractivity (Wildman–Crippen MR) is 93.0 cm³/mol. The number of benzene rings is 1. The molecule has 1 amide bonds. The van der Waals surface area contributed by atoms with Gasteiger partial charge in [0, 0.05) is 43.4 Å². The van der Waals surface area contributed by atoms with Gasteiger partial charge in [0.15, 0.2) is 0 Å². The monoisotopic (exact) mass is 343 g/mol. The molecule has 0 saturated carbocycles. The van der Waals surface area contributed by atoms with Crippen molar-refractivity contribution in [2.24, 2.45) is 11.8 Å². The van der Waals surface area contributed by atoms with Crippen molar-refractivity contribution in [1.82, 2.24) is 10.2 Å². The number of hydrogen-bond acceptors (Lipinski definition) is 3. The molecule has 2 saturated heterocycles. The first kappa shape index (κ1) is 17.4. The summed E-state index contributed by atoms with van der Waals surface area (Å²) in [7, 11) is 0. The summed E-state index contributed by atoms with van der Waals surface area (Å²) in [5.41, 5.74) is 1.18. The molecule has 2 aliphatic rings. The van der Waals surface area contributed by atoms with Gasteiger partial charge in [-0.3, -0.25) is 4.79 Å². The molecule has 4 nitrogen and oxygen atoms in total. The van der Waals surface area contributed by atoms with Gasteiger partial charge in [-0.25, -0.2) is 0 Å². The molecule has 1 aromatic carbocycles. The number of piperazine rings is 1. The molecule has 3 rings (SSSR count). The number of amides is 1. The molecular formula is C16H23Cl2N3O. The lowest BCUT2D eigenvalue weighted by molar-refractivity contribution is -0.136. The van der Waals surface area contributed by atoms with E-state index in [0.717, 1.165) is 44.3 Å². The maximum Gasteiger partial charge on any atom is 0.227 e. The van der Waals surface area contributed by atoms with Crippen molar-refractivity contribution >= 4 is 35.6 Å². The van der Waals surface area contributed by atoms with Gasteiger partial charge in [0.05, 0.1) is 5.92 Å². The summed E-state index contributed by atoms with van der Waals surface area (Å²) in [6.45, 7) is 7.35. The SMILES string of the molecule is C[C@@H]1CNC[C@H]1C(=O)N1CCN(c2ccc(Cl)cc2)CC1.Cl. The molecule has 0 unspecified atom stereocenters. The number of rotatable bonds is 2. The normalized spacial score (nSPS) is 25.0. The molecule has 6 heteroatoms. The van der Waals surface area contributed by atoms with Gasteiger partial charge in [-0.15, -0.1) is 12.4 Å².